The second-order valence-electron chi connectivity index (χ2n) is 3.80. The van der Waals surface area contributed by atoms with Crippen LogP contribution in [0.5, 0.6) is 0 Å². The summed E-state index contributed by atoms with van der Waals surface area (Å²) in [5, 5.41) is 0. The van der Waals surface area contributed by atoms with Gasteiger partial charge in [-0.25, -0.2) is 0 Å². The second kappa shape index (κ2) is 4.35. The number of amides is 1. The standard InChI is InChI=1S/C12H14N2O2/c1-13-10-4-2-3-5-11(10)14(8-9-15)7-6-12(13)16/h2-5,9H,6-8H2,1H3. The molecule has 0 fully saturated rings. The Morgan fingerprint density at radius 2 is 2.00 bits per heavy atom. The van der Waals surface area contributed by atoms with Gasteiger partial charge in [0.05, 0.1) is 17.9 Å². The fraction of sp³-hybridized carbons (Fsp3) is 0.333. The van der Waals surface area contributed by atoms with Crippen LogP contribution < -0.4 is 9.80 Å². The van der Waals surface area contributed by atoms with Crippen LogP contribution in [0.3, 0.4) is 0 Å². The van der Waals surface area contributed by atoms with Crippen molar-refractivity contribution in [2.24, 2.45) is 0 Å². The minimum Gasteiger partial charge on any atom is -0.362 e. The first-order chi connectivity index (χ1) is 7.74. The number of aldehydes is 1. The number of hydrogen-bond acceptors (Lipinski definition) is 3. The van der Waals surface area contributed by atoms with E-state index in [4.69, 9.17) is 0 Å². The zero-order valence-corrected chi connectivity index (χ0v) is 9.22. The Kier molecular flexibility index (Phi) is 2.90. The number of carbonyl (C=O) groups excluding carboxylic acids is 2. The maximum absolute atomic E-state index is 11.7. The van der Waals surface area contributed by atoms with Gasteiger partial charge in [0.1, 0.15) is 6.29 Å². The van der Waals surface area contributed by atoms with E-state index in [1.807, 2.05) is 29.2 Å². The Morgan fingerprint density at radius 1 is 1.31 bits per heavy atom. The predicted molar refractivity (Wildman–Crippen MR) is 62.7 cm³/mol. The molecule has 0 radical (unpaired) electrons. The van der Waals surface area contributed by atoms with E-state index < -0.39 is 0 Å². The fourth-order valence-electron chi connectivity index (χ4n) is 1.95. The summed E-state index contributed by atoms with van der Waals surface area (Å²) >= 11 is 0. The van der Waals surface area contributed by atoms with E-state index in [1.54, 1.807) is 11.9 Å². The number of anilines is 2. The summed E-state index contributed by atoms with van der Waals surface area (Å²) in [6.45, 7) is 0.928. The summed E-state index contributed by atoms with van der Waals surface area (Å²) in [4.78, 5) is 25.9. The molecule has 0 aromatic heterocycles. The van der Waals surface area contributed by atoms with Gasteiger partial charge in [0.2, 0.25) is 5.91 Å². The molecule has 0 N–H and O–H groups in total. The lowest BCUT2D eigenvalue weighted by molar-refractivity contribution is -0.118. The summed E-state index contributed by atoms with van der Waals surface area (Å²) in [6, 6.07) is 7.65. The third-order valence-corrected chi connectivity index (χ3v) is 2.85. The Balaban J connectivity index is 2.45. The highest BCUT2D eigenvalue weighted by Gasteiger charge is 2.22. The first kappa shape index (κ1) is 10.7. The Hall–Kier alpha value is -1.84. The normalized spacial score (nSPS) is 15.7. The highest BCUT2D eigenvalue weighted by Crippen LogP contribution is 2.31. The van der Waals surface area contributed by atoms with E-state index >= 15 is 0 Å². The Labute approximate surface area is 94.5 Å². The van der Waals surface area contributed by atoms with Gasteiger partial charge < -0.3 is 14.6 Å². The Bertz CT molecular complexity index is 417. The van der Waals surface area contributed by atoms with Crippen molar-refractivity contribution in [1.29, 1.82) is 0 Å². The van der Waals surface area contributed by atoms with Crippen molar-refractivity contribution >= 4 is 23.6 Å². The molecule has 0 aliphatic carbocycles. The third-order valence-electron chi connectivity index (χ3n) is 2.85. The first-order valence-electron chi connectivity index (χ1n) is 5.28. The smallest absolute Gasteiger partial charge is 0.228 e. The number of benzene rings is 1. The van der Waals surface area contributed by atoms with Crippen LogP contribution in [0.4, 0.5) is 11.4 Å². The Morgan fingerprint density at radius 3 is 2.69 bits per heavy atom. The van der Waals surface area contributed by atoms with Gasteiger partial charge >= 0.3 is 0 Å². The lowest BCUT2D eigenvalue weighted by Crippen LogP contribution is -2.27. The van der Waals surface area contributed by atoms with Gasteiger partial charge in [-0.2, -0.15) is 0 Å². The van der Waals surface area contributed by atoms with Crippen LogP contribution in [-0.2, 0) is 9.59 Å². The van der Waals surface area contributed by atoms with Gasteiger partial charge in [0.15, 0.2) is 0 Å². The van der Waals surface area contributed by atoms with Gasteiger partial charge in [0, 0.05) is 20.0 Å². The molecule has 16 heavy (non-hydrogen) atoms. The minimum absolute atomic E-state index is 0.0841. The van der Waals surface area contributed by atoms with Crippen molar-refractivity contribution in [1.82, 2.24) is 0 Å². The number of rotatable bonds is 2. The van der Waals surface area contributed by atoms with Crippen LogP contribution in [0.25, 0.3) is 0 Å². The van der Waals surface area contributed by atoms with Crippen LogP contribution in [-0.4, -0.2) is 32.3 Å². The number of fused-ring (bicyclic) bond motifs is 1. The van der Waals surface area contributed by atoms with Crippen molar-refractivity contribution in [2.75, 3.05) is 29.9 Å². The maximum Gasteiger partial charge on any atom is 0.228 e. The van der Waals surface area contributed by atoms with E-state index in [2.05, 4.69) is 0 Å². The molecule has 84 valence electrons. The summed E-state index contributed by atoms with van der Waals surface area (Å²) < 4.78 is 0. The maximum atomic E-state index is 11.7. The van der Waals surface area contributed by atoms with Crippen LogP contribution in [0.2, 0.25) is 0 Å². The van der Waals surface area contributed by atoms with Gasteiger partial charge in [0.25, 0.3) is 0 Å². The van der Waals surface area contributed by atoms with Gasteiger partial charge in [-0.05, 0) is 12.1 Å². The molecule has 1 amide bonds. The quantitative estimate of drug-likeness (QED) is 0.697. The molecular weight excluding hydrogens is 204 g/mol. The van der Waals surface area contributed by atoms with Gasteiger partial charge in [-0.15, -0.1) is 0 Å². The van der Waals surface area contributed by atoms with Gasteiger partial charge in [-0.3, -0.25) is 4.79 Å². The summed E-state index contributed by atoms with van der Waals surface area (Å²) in [6.07, 6.45) is 1.31. The molecule has 1 aliphatic rings. The number of carbonyl (C=O) groups is 2. The predicted octanol–water partition coefficient (Wildman–Crippen LogP) is 1.06. The van der Waals surface area contributed by atoms with Crippen LogP contribution in [0.15, 0.2) is 24.3 Å². The fourth-order valence-corrected chi connectivity index (χ4v) is 1.95. The molecule has 1 aromatic rings. The average Bonchev–Trinajstić information content (AvgIpc) is 2.43. The zero-order valence-electron chi connectivity index (χ0n) is 9.22. The van der Waals surface area contributed by atoms with Crippen molar-refractivity contribution < 1.29 is 9.59 Å². The molecule has 4 heteroatoms. The topological polar surface area (TPSA) is 40.6 Å². The monoisotopic (exact) mass is 218 g/mol. The highest BCUT2D eigenvalue weighted by molar-refractivity contribution is 5.98. The molecule has 0 saturated heterocycles. The van der Waals surface area contributed by atoms with Crippen molar-refractivity contribution in [3.63, 3.8) is 0 Å². The van der Waals surface area contributed by atoms with Crippen molar-refractivity contribution in [3.05, 3.63) is 24.3 Å². The van der Waals surface area contributed by atoms with Crippen LogP contribution in [0.1, 0.15) is 6.42 Å². The van der Waals surface area contributed by atoms with Crippen molar-refractivity contribution in [2.45, 2.75) is 6.42 Å². The van der Waals surface area contributed by atoms with Gasteiger partial charge in [-0.1, -0.05) is 12.1 Å². The molecule has 0 bridgehead atoms. The zero-order chi connectivity index (χ0) is 11.5. The average molecular weight is 218 g/mol. The molecule has 0 unspecified atom stereocenters. The molecule has 0 atom stereocenters. The molecule has 1 aromatic carbocycles. The summed E-state index contributed by atoms with van der Waals surface area (Å²) in [5.41, 5.74) is 1.81. The largest absolute Gasteiger partial charge is 0.362 e. The molecular formula is C12H14N2O2. The molecule has 2 rings (SSSR count). The number of nitrogens with zero attached hydrogens (tertiary/aromatic N) is 2. The van der Waals surface area contributed by atoms with E-state index in [0.717, 1.165) is 17.7 Å². The third kappa shape index (κ3) is 1.78. The molecule has 1 aliphatic heterocycles. The summed E-state index contributed by atoms with van der Waals surface area (Å²) in [5.74, 6) is 0.0841. The summed E-state index contributed by atoms with van der Waals surface area (Å²) in [7, 11) is 1.77. The van der Waals surface area contributed by atoms with Crippen LogP contribution >= 0.6 is 0 Å². The lowest BCUT2D eigenvalue weighted by atomic mass is 10.2. The SMILES string of the molecule is CN1C(=O)CCN(CC=O)c2ccccc21. The number of hydrogen-bond donors (Lipinski definition) is 0. The lowest BCUT2D eigenvalue weighted by Gasteiger charge is -2.22. The van der Waals surface area contributed by atoms with E-state index in [0.29, 0.717) is 19.5 Å². The minimum atomic E-state index is 0.0841. The van der Waals surface area contributed by atoms with E-state index in [9.17, 15) is 9.59 Å². The molecule has 1 heterocycles. The first-order valence-corrected chi connectivity index (χ1v) is 5.28. The van der Waals surface area contributed by atoms with Crippen molar-refractivity contribution in [3.8, 4) is 0 Å². The number of para-hydroxylation sites is 2. The second-order valence-corrected chi connectivity index (χ2v) is 3.80. The van der Waals surface area contributed by atoms with E-state index in [-0.39, 0.29) is 5.91 Å². The molecule has 0 spiro atoms. The molecule has 0 saturated carbocycles. The molecule has 4 nitrogen and oxygen atoms in total. The highest BCUT2D eigenvalue weighted by atomic mass is 16.2. The van der Waals surface area contributed by atoms with Crippen LogP contribution in [0, 0.1) is 0 Å². The van der Waals surface area contributed by atoms with E-state index in [1.165, 1.54) is 0 Å².